The molecule has 2 aliphatic rings. The Morgan fingerprint density at radius 2 is 1.76 bits per heavy atom. The van der Waals surface area contributed by atoms with Crippen LogP contribution in [0, 0.1) is 0 Å². The molecule has 6 rings (SSSR count). The molecule has 172 valence electrons. The molecule has 4 aromatic rings. The number of anilines is 1. The number of nitrogens with zero attached hydrogens (tertiary/aromatic N) is 2. The van der Waals surface area contributed by atoms with E-state index < -0.39 is 0 Å². The number of urea groups is 1. The highest BCUT2D eigenvalue weighted by Crippen LogP contribution is 2.44. The third kappa shape index (κ3) is 3.64. The molecule has 0 spiro atoms. The molecule has 0 saturated heterocycles. The number of carbonyl (C=O) groups is 1. The van der Waals surface area contributed by atoms with Crippen LogP contribution in [0.5, 0.6) is 0 Å². The van der Waals surface area contributed by atoms with Crippen molar-refractivity contribution in [1.29, 1.82) is 0 Å². The van der Waals surface area contributed by atoms with Gasteiger partial charge in [-0.25, -0.2) is 4.79 Å². The van der Waals surface area contributed by atoms with E-state index in [1.54, 1.807) is 0 Å². The lowest BCUT2D eigenvalue weighted by molar-refractivity contribution is 0.194. The van der Waals surface area contributed by atoms with Gasteiger partial charge in [-0.15, -0.1) is 11.3 Å². The fourth-order valence-corrected chi connectivity index (χ4v) is 6.79. The average Bonchev–Trinajstić information content (AvgIpc) is 3.47. The summed E-state index contributed by atoms with van der Waals surface area (Å²) >= 11 is 1.92. The van der Waals surface area contributed by atoms with Crippen molar-refractivity contribution >= 4 is 23.1 Å². The lowest BCUT2D eigenvalue weighted by atomic mass is 9.95. The number of benzene rings is 2. The molecule has 5 heteroatoms. The number of amides is 2. The highest BCUT2D eigenvalue weighted by atomic mass is 32.1. The molecule has 0 radical (unpaired) electrons. The van der Waals surface area contributed by atoms with Gasteiger partial charge in [0.25, 0.3) is 0 Å². The quantitative estimate of drug-likeness (QED) is 0.342. The zero-order chi connectivity index (χ0) is 23.1. The van der Waals surface area contributed by atoms with Crippen LogP contribution in [0.2, 0.25) is 0 Å². The average molecular weight is 468 g/mol. The van der Waals surface area contributed by atoms with Crippen molar-refractivity contribution in [2.75, 3.05) is 5.32 Å². The number of aryl methyl sites for hydroxylation is 2. The molecular weight excluding hydrogens is 438 g/mol. The number of hydrogen-bond donors (Lipinski definition) is 1. The lowest BCUT2D eigenvalue weighted by Gasteiger charge is -2.31. The van der Waals surface area contributed by atoms with Gasteiger partial charge < -0.3 is 14.8 Å². The van der Waals surface area contributed by atoms with Crippen LogP contribution in [0.3, 0.4) is 0 Å². The Hall–Kier alpha value is -3.31. The van der Waals surface area contributed by atoms with Crippen LogP contribution in [0.1, 0.15) is 58.6 Å². The maximum absolute atomic E-state index is 13.9. The Kier molecular flexibility index (Phi) is 5.50. The van der Waals surface area contributed by atoms with E-state index in [1.165, 1.54) is 39.4 Å². The molecule has 2 amide bonds. The summed E-state index contributed by atoms with van der Waals surface area (Å²) in [6, 6.07) is 22.6. The van der Waals surface area contributed by atoms with Crippen molar-refractivity contribution < 1.29 is 4.79 Å². The molecule has 4 nitrogen and oxygen atoms in total. The van der Waals surface area contributed by atoms with Crippen molar-refractivity contribution in [3.63, 3.8) is 0 Å². The summed E-state index contributed by atoms with van der Waals surface area (Å²) in [5, 5.41) is 4.46. The molecule has 0 bridgehead atoms. The molecule has 1 aliphatic heterocycles. The largest absolute Gasteiger partial charge is 0.322 e. The van der Waals surface area contributed by atoms with Crippen molar-refractivity contribution in [1.82, 2.24) is 9.47 Å². The smallest absolute Gasteiger partial charge is 0.310 e. The summed E-state index contributed by atoms with van der Waals surface area (Å²) in [5.74, 6) is 0. The first-order valence-electron chi connectivity index (χ1n) is 12.3. The second-order valence-electron chi connectivity index (χ2n) is 9.22. The van der Waals surface area contributed by atoms with Crippen molar-refractivity contribution in [2.45, 2.75) is 51.6 Å². The fraction of sp³-hybridized carbons (Fsp3) is 0.276. The van der Waals surface area contributed by atoms with Gasteiger partial charge in [-0.1, -0.05) is 49.4 Å². The number of carbonyl (C=O) groups excluding carboxylic acids is 1. The first-order chi connectivity index (χ1) is 16.7. The van der Waals surface area contributed by atoms with E-state index in [4.69, 9.17) is 0 Å². The Balaban J connectivity index is 1.49. The van der Waals surface area contributed by atoms with Crippen molar-refractivity contribution in [3.8, 4) is 5.00 Å². The lowest BCUT2D eigenvalue weighted by Crippen LogP contribution is -2.38. The number of nitrogens with one attached hydrogen (secondary N) is 1. The van der Waals surface area contributed by atoms with Gasteiger partial charge in [0, 0.05) is 22.3 Å². The van der Waals surface area contributed by atoms with Crippen LogP contribution in [0.15, 0.2) is 72.9 Å². The molecule has 3 heterocycles. The summed E-state index contributed by atoms with van der Waals surface area (Å²) in [5.41, 5.74) is 7.22. The monoisotopic (exact) mass is 467 g/mol. The van der Waals surface area contributed by atoms with Gasteiger partial charge in [-0.2, -0.15) is 0 Å². The number of hydrogen-bond acceptors (Lipinski definition) is 2. The van der Waals surface area contributed by atoms with Crippen LogP contribution >= 0.6 is 11.3 Å². The number of para-hydroxylation sites is 1. The first-order valence-corrected chi connectivity index (χ1v) is 13.1. The summed E-state index contributed by atoms with van der Waals surface area (Å²) < 4.78 is 2.34. The summed E-state index contributed by atoms with van der Waals surface area (Å²) in [6.07, 6.45) is 7.93. The standard InChI is InChI=1S/C29H29N3OS/c1-2-20-14-16-21(17-15-20)27-25-12-8-18-31(25)28-24(23-11-6-7-13-26(23)34-28)19-32(27)29(33)30-22-9-4-3-5-10-22/h3-5,8-10,12,14-18,27H,2,6-7,11,13,19H2,1H3,(H,30,33)/t27-/m1/s1. The van der Waals surface area contributed by atoms with E-state index in [-0.39, 0.29) is 12.1 Å². The Morgan fingerprint density at radius 1 is 0.971 bits per heavy atom. The highest BCUT2D eigenvalue weighted by molar-refractivity contribution is 7.15. The molecule has 2 aromatic carbocycles. The molecular formula is C29H29N3OS. The van der Waals surface area contributed by atoms with Gasteiger partial charge in [0.15, 0.2) is 0 Å². The van der Waals surface area contributed by atoms with Gasteiger partial charge in [0.1, 0.15) is 5.00 Å². The van der Waals surface area contributed by atoms with E-state index in [0.29, 0.717) is 6.54 Å². The molecule has 2 aromatic heterocycles. The Morgan fingerprint density at radius 3 is 2.56 bits per heavy atom. The summed E-state index contributed by atoms with van der Waals surface area (Å²) in [4.78, 5) is 17.4. The van der Waals surface area contributed by atoms with E-state index >= 15 is 0 Å². The third-order valence-corrected chi connectivity index (χ3v) is 8.50. The van der Waals surface area contributed by atoms with E-state index in [1.807, 2.05) is 46.6 Å². The Bertz CT molecular complexity index is 1320. The van der Waals surface area contributed by atoms with Crippen LogP contribution in [0.4, 0.5) is 10.5 Å². The second-order valence-corrected chi connectivity index (χ2v) is 10.3. The predicted molar refractivity (Wildman–Crippen MR) is 139 cm³/mol. The molecule has 1 atom stereocenters. The summed E-state index contributed by atoms with van der Waals surface area (Å²) in [7, 11) is 0. The second kappa shape index (κ2) is 8.80. The minimum atomic E-state index is -0.163. The number of rotatable bonds is 3. The van der Waals surface area contributed by atoms with Crippen LogP contribution in [-0.4, -0.2) is 15.5 Å². The molecule has 34 heavy (non-hydrogen) atoms. The molecule has 0 unspecified atom stereocenters. The SMILES string of the molecule is CCc1ccc([C@@H]2c3cccn3-c3sc4c(c3CN2C(=O)Nc2ccccc2)CCCC4)cc1. The maximum Gasteiger partial charge on any atom is 0.322 e. The highest BCUT2D eigenvalue weighted by Gasteiger charge is 2.36. The fourth-order valence-electron chi connectivity index (χ4n) is 5.39. The van der Waals surface area contributed by atoms with Gasteiger partial charge >= 0.3 is 6.03 Å². The van der Waals surface area contributed by atoms with Crippen molar-refractivity contribution in [2.24, 2.45) is 0 Å². The van der Waals surface area contributed by atoms with Gasteiger partial charge in [-0.3, -0.25) is 0 Å². The first kappa shape index (κ1) is 21.2. The van der Waals surface area contributed by atoms with E-state index in [9.17, 15) is 4.79 Å². The normalized spacial score (nSPS) is 16.9. The molecule has 1 aliphatic carbocycles. The minimum absolute atomic E-state index is 0.0628. The van der Waals surface area contributed by atoms with Crippen LogP contribution in [0.25, 0.3) is 5.00 Å². The Labute approximate surface area is 204 Å². The van der Waals surface area contributed by atoms with Crippen molar-refractivity contribution in [3.05, 3.63) is 106 Å². The number of thiophene rings is 1. The topological polar surface area (TPSA) is 37.3 Å². The third-order valence-electron chi connectivity index (χ3n) is 7.17. The van der Waals surface area contributed by atoms with Crippen LogP contribution < -0.4 is 5.32 Å². The number of fused-ring (bicyclic) bond motifs is 5. The molecule has 0 fully saturated rings. The van der Waals surface area contributed by atoms with Gasteiger partial charge in [0.05, 0.1) is 18.3 Å². The van der Waals surface area contributed by atoms with Gasteiger partial charge in [0.2, 0.25) is 0 Å². The van der Waals surface area contributed by atoms with E-state index in [2.05, 4.69) is 59.4 Å². The molecule has 0 saturated carbocycles. The summed E-state index contributed by atoms with van der Waals surface area (Å²) in [6.45, 7) is 2.79. The van der Waals surface area contributed by atoms with Crippen LogP contribution in [-0.2, 0) is 25.8 Å². The maximum atomic E-state index is 13.9. The zero-order valence-corrected chi connectivity index (χ0v) is 20.3. The predicted octanol–water partition coefficient (Wildman–Crippen LogP) is 7.12. The number of aromatic nitrogens is 1. The van der Waals surface area contributed by atoms with Gasteiger partial charge in [-0.05, 0) is 73.1 Å². The van der Waals surface area contributed by atoms with E-state index in [0.717, 1.165) is 36.2 Å². The zero-order valence-electron chi connectivity index (χ0n) is 19.5. The molecule has 1 N–H and O–H groups in total. The minimum Gasteiger partial charge on any atom is -0.310 e.